The molecule has 0 aliphatic carbocycles. The third-order valence-corrected chi connectivity index (χ3v) is 1.87. The van der Waals surface area contributed by atoms with Crippen LogP contribution in [-0.2, 0) is 0 Å². The number of halogens is 2. The maximum absolute atomic E-state index is 13.2. The molecule has 0 aliphatic heterocycles. The number of nitrogens with one attached hydrogen (secondary N) is 2. The summed E-state index contributed by atoms with van der Waals surface area (Å²) in [6.45, 7) is -0.317. The molecule has 0 atom stereocenters. The van der Waals surface area contributed by atoms with Crippen LogP contribution in [0, 0.1) is 17.0 Å². The first-order valence-electron chi connectivity index (χ1n) is 4.30. The van der Waals surface area contributed by atoms with E-state index in [1.807, 2.05) is 0 Å². The minimum Gasteiger partial charge on any atom is -0.292 e. The Kier molecular flexibility index (Phi) is 4.03. The molecule has 4 N–H and O–H groups in total. The van der Waals surface area contributed by atoms with Crippen molar-refractivity contribution in [2.24, 2.45) is 5.84 Å². The molecule has 0 bridgehead atoms. The Labute approximate surface area is 90.3 Å². The summed E-state index contributed by atoms with van der Waals surface area (Å²) in [5.74, 6) is 2.69. The highest BCUT2D eigenvalue weighted by Crippen LogP contribution is 2.10. The molecule has 0 amide bonds. The molecule has 0 fully saturated rings. The van der Waals surface area contributed by atoms with Gasteiger partial charge < -0.3 is 0 Å². The van der Waals surface area contributed by atoms with E-state index in [4.69, 9.17) is 11.3 Å². The Bertz CT molecular complexity index is 410. The molecule has 0 aromatic heterocycles. The molecule has 0 heterocycles. The molecule has 0 spiro atoms. The quantitative estimate of drug-likeness (QED) is 0.224. The molecular formula is C9H10F2N4O. The van der Waals surface area contributed by atoms with E-state index < -0.39 is 17.4 Å². The minimum absolute atomic E-state index is 0.247. The molecule has 1 aromatic rings. The molecule has 1 aromatic carbocycles. The fourth-order valence-electron chi connectivity index (χ4n) is 1.08. The number of nitrogens with two attached hydrogens (primary N) is 1. The van der Waals surface area contributed by atoms with Gasteiger partial charge in [0.15, 0.2) is 5.78 Å². The number of nitrogens with zero attached hydrogens (tertiary/aromatic N) is 1. The van der Waals surface area contributed by atoms with Crippen molar-refractivity contribution in [3.05, 3.63) is 35.4 Å². The number of hydrogen-bond acceptors (Lipinski definition) is 4. The van der Waals surface area contributed by atoms with Gasteiger partial charge in [-0.1, -0.05) is 0 Å². The highest BCUT2D eigenvalue weighted by Gasteiger charge is 2.14. The Morgan fingerprint density at radius 2 is 2.25 bits per heavy atom. The van der Waals surface area contributed by atoms with Crippen molar-refractivity contribution < 1.29 is 13.6 Å². The summed E-state index contributed by atoms with van der Waals surface area (Å²) in [6, 6.07) is 2.66. The first-order valence-corrected chi connectivity index (χ1v) is 4.30. The predicted molar refractivity (Wildman–Crippen MR) is 53.5 cm³/mol. The van der Waals surface area contributed by atoms with Gasteiger partial charge in [0, 0.05) is 6.07 Å². The van der Waals surface area contributed by atoms with Gasteiger partial charge in [-0.3, -0.25) is 21.1 Å². The van der Waals surface area contributed by atoms with Gasteiger partial charge in [0.1, 0.15) is 18.2 Å². The molecule has 86 valence electrons. The lowest BCUT2D eigenvalue weighted by Crippen LogP contribution is -2.44. The number of hydrazine groups is 2. The topological polar surface area (TPSA) is 82.2 Å². The molecule has 0 saturated carbocycles. The van der Waals surface area contributed by atoms with Gasteiger partial charge in [-0.15, -0.1) is 0 Å². The van der Waals surface area contributed by atoms with E-state index in [9.17, 15) is 13.6 Å². The number of hydrogen-bond donors (Lipinski definition) is 3. The van der Waals surface area contributed by atoms with Gasteiger partial charge in [-0.2, -0.15) is 5.53 Å². The number of carbonyl (C=O) groups is 1. The third kappa shape index (κ3) is 2.81. The summed E-state index contributed by atoms with van der Waals surface area (Å²) >= 11 is 0. The maximum Gasteiger partial charge on any atom is 0.186 e. The van der Waals surface area contributed by atoms with Crippen molar-refractivity contribution in [2.75, 3.05) is 6.54 Å². The van der Waals surface area contributed by atoms with E-state index in [0.717, 1.165) is 23.5 Å². The number of carbonyl (C=O) groups excluding carboxylic acids is 1. The molecule has 16 heavy (non-hydrogen) atoms. The second-order valence-corrected chi connectivity index (χ2v) is 2.93. The standard InChI is InChI=1S/C9H10F2N4O/c10-6-1-2-7(8(11)3-6)9(16)4-15(5-12)14-13/h1-3,5,12,14H,4,13H2. The number of benzene rings is 1. The van der Waals surface area contributed by atoms with E-state index >= 15 is 0 Å². The Morgan fingerprint density at radius 3 is 2.75 bits per heavy atom. The summed E-state index contributed by atoms with van der Waals surface area (Å²) in [5, 5.41) is 7.81. The number of ketones is 1. The third-order valence-electron chi connectivity index (χ3n) is 1.87. The summed E-state index contributed by atoms with van der Waals surface area (Å²) < 4.78 is 25.7. The van der Waals surface area contributed by atoms with Crippen molar-refractivity contribution in [3.63, 3.8) is 0 Å². The molecule has 5 nitrogen and oxygen atoms in total. The molecular weight excluding hydrogens is 218 g/mol. The van der Waals surface area contributed by atoms with Crippen molar-refractivity contribution >= 4 is 12.1 Å². The molecule has 1 rings (SSSR count). The first-order chi connectivity index (χ1) is 7.58. The van der Waals surface area contributed by atoms with Gasteiger partial charge in [-0.25, -0.2) is 8.78 Å². The van der Waals surface area contributed by atoms with Crippen LogP contribution in [0.3, 0.4) is 0 Å². The largest absolute Gasteiger partial charge is 0.292 e. The molecule has 7 heteroatoms. The first kappa shape index (κ1) is 12.2. The fourth-order valence-corrected chi connectivity index (χ4v) is 1.08. The molecule has 0 radical (unpaired) electrons. The smallest absolute Gasteiger partial charge is 0.186 e. The van der Waals surface area contributed by atoms with E-state index in [1.165, 1.54) is 0 Å². The van der Waals surface area contributed by atoms with Gasteiger partial charge in [0.05, 0.1) is 11.9 Å². The van der Waals surface area contributed by atoms with Crippen molar-refractivity contribution in [2.45, 2.75) is 0 Å². The molecule has 0 saturated heterocycles. The summed E-state index contributed by atoms with van der Waals surface area (Å²) in [5.41, 5.74) is 1.81. The fraction of sp³-hybridized carbons (Fsp3) is 0.111. The van der Waals surface area contributed by atoms with Crippen molar-refractivity contribution in [1.29, 1.82) is 5.41 Å². The second kappa shape index (κ2) is 5.29. The van der Waals surface area contributed by atoms with Gasteiger partial charge >= 0.3 is 0 Å². The summed E-state index contributed by atoms with van der Waals surface area (Å²) in [6.07, 6.45) is 0.777. The Hall–Kier alpha value is -1.86. The zero-order valence-corrected chi connectivity index (χ0v) is 8.21. The van der Waals surface area contributed by atoms with E-state index in [2.05, 4.69) is 5.53 Å². The summed E-state index contributed by atoms with van der Waals surface area (Å²) in [7, 11) is 0. The number of rotatable bonds is 5. The SMILES string of the molecule is N=CN(CC(=O)c1ccc(F)cc1F)NN. The zero-order valence-electron chi connectivity index (χ0n) is 8.21. The normalized spacial score (nSPS) is 9.94. The molecule has 0 aliphatic rings. The monoisotopic (exact) mass is 228 g/mol. The lowest BCUT2D eigenvalue weighted by molar-refractivity contribution is 0.0942. The van der Waals surface area contributed by atoms with Crippen LogP contribution >= 0.6 is 0 Å². The van der Waals surface area contributed by atoms with E-state index in [-0.39, 0.29) is 12.1 Å². The van der Waals surface area contributed by atoms with Crippen LogP contribution in [0.25, 0.3) is 0 Å². The molecule has 0 unspecified atom stereocenters. The van der Waals surface area contributed by atoms with Crippen LogP contribution in [0.15, 0.2) is 18.2 Å². The average Bonchev–Trinajstić information content (AvgIpc) is 2.25. The highest BCUT2D eigenvalue weighted by molar-refractivity contribution is 5.98. The number of Topliss-reactive ketones (excluding diaryl/α,β-unsaturated/α-hetero) is 1. The zero-order chi connectivity index (χ0) is 12.1. The van der Waals surface area contributed by atoms with Crippen LogP contribution in [0.5, 0.6) is 0 Å². The van der Waals surface area contributed by atoms with Gasteiger partial charge in [0.2, 0.25) is 0 Å². The predicted octanol–water partition coefficient (Wildman–Crippen LogP) is 0.435. The van der Waals surface area contributed by atoms with E-state index in [1.54, 1.807) is 0 Å². The van der Waals surface area contributed by atoms with Gasteiger partial charge in [0.25, 0.3) is 0 Å². The van der Waals surface area contributed by atoms with Crippen LogP contribution in [0.4, 0.5) is 8.78 Å². The van der Waals surface area contributed by atoms with E-state index in [0.29, 0.717) is 6.07 Å². The lowest BCUT2D eigenvalue weighted by Gasteiger charge is -2.15. The maximum atomic E-state index is 13.2. The second-order valence-electron chi connectivity index (χ2n) is 2.93. The van der Waals surface area contributed by atoms with Crippen molar-refractivity contribution in [1.82, 2.24) is 10.5 Å². The summed E-state index contributed by atoms with van der Waals surface area (Å²) in [4.78, 5) is 11.5. The van der Waals surface area contributed by atoms with Crippen LogP contribution in [0.2, 0.25) is 0 Å². The van der Waals surface area contributed by atoms with Gasteiger partial charge in [-0.05, 0) is 12.1 Å². The highest BCUT2D eigenvalue weighted by atomic mass is 19.1. The average molecular weight is 228 g/mol. The lowest BCUT2D eigenvalue weighted by atomic mass is 10.1. The van der Waals surface area contributed by atoms with Crippen LogP contribution < -0.4 is 11.4 Å². The Balaban J connectivity index is 2.84. The minimum atomic E-state index is -0.938. The van der Waals surface area contributed by atoms with Crippen LogP contribution in [0.1, 0.15) is 10.4 Å². The van der Waals surface area contributed by atoms with Crippen LogP contribution in [-0.4, -0.2) is 23.7 Å². The Morgan fingerprint density at radius 1 is 1.56 bits per heavy atom. The van der Waals surface area contributed by atoms with Crippen molar-refractivity contribution in [3.8, 4) is 0 Å².